The van der Waals surface area contributed by atoms with Crippen molar-refractivity contribution in [3.8, 4) is 0 Å². The lowest BCUT2D eigenvalue weighted by Crippen LogP contribution is -2.42. The zero-order valence-corrected chi connectivity index (χ0v) is 21.1. The summed E-state index contributed by atoms with van der Waals surface area (Å²) in [5.41, 5.74) is 3.85. The van der Waals surface area contributed by atoms with Gasteiger partial charge in [0.15, 0.2) is 5.17 Å². The Labute approximate surface area is 205 Å². The molecule has 0 radical (unpaired) electrons. The Morgan fingerprint density at radius 1 is 1.21 bits per heavy atom. The number of para-hydroxylation sites is 1. The molecule has 178 valence electrons. The van der Waals surface area contributed by atoms with E-state index in [0.717, 1.165) is 22.5 Å². The van der Waals surface area contributed by atoms with E-state index in [0.29, 0.717) is 35.4 Å². The SMILES string of the molecule is CCOCCN1C(=O)/C(=C\c2cc3c(cc2F)N(C)C(C)(C)C=C3C)SC1=Nc1ccccc1. The lowest BCUT2D eigenvalue weighted by Gasteiger charge is -2.40. The van der Waals surface area contributed by atoms with Gasteiger partial charge in [-0.15, -0.1) is 0 Å². The van der Waals surface area contributed by atoms with Gasteiger partial charge in [0.25, 0.3) is 5.91 Å². The van der Waals surface area contributed by atoms with E-state index < -0.39 is 0 Å². The van der Waals surface area contributed by atoms with Crippen molar-refractivity contribution < 1.29 is 13.9 Å². The maximum atomic E-state index is 15.2. The third-order valence-corrected chi connectivity index (χ3v) is 7.16. The molecule has 0 saturated carbocycles. The fourth-order valence-electron chi connectivity index (χ4n) is 4.14. The van der Waals surface area contributed by atoms with Crippen LogP contribution in [0.3, 0.4) is 0 Å². The van der Waals surface area contributed by atoms with Crippen LogP contribution in [0.1, 0.15) is 38.8 Å². The highest BCUT2D eigenvalue weighted by Crippen LogP contribution is 2.40. The molecule has 0 spiro atoms. The third kappa shape index (κ3) is 4.81. The quantitative estimate of drug-likeness (QED) is 0.371. The standard InChI is InChI=1S/C27H30FN3O2S/c1-6-33-13-12-31-25(32)24(34-26(31)29-20-10-8-7-9-11-20)15-19-14-21-18(2)17-27(3,4)30(5)23(21)16-22(19)28/h7-11,14-17H,6,12-13H2,1-5H3/b24-15+,29-26?. The van der Waals surface area contributed by atoms with Crippen molar-refractivity contribution in [1.29, 1.82) is 0 Å². The van der Waals surface area contributed by atoms with Crippen LogP contribution in [-0.4, -0.2) is 48.3 Å². The summed E-state index contributed by atoms with van der Waals surface area (Å²) in [6.45, 7) is 9.52. The summed E-state index contributed by atoms with van der Waals surface area (Å²) in [5.74, 6) is -0.548. The van der Waals surface area contributed by atoms with Crippen LogP contribution >= 0.6 is 11.8 Å². The highest BCUT2D eigenvalue weighted by atomic mass is 32.2. The van der Waals surface area contributed by atoms with E-state index in [9.17, 15) is 4.79 Å². The minimum Gasteiger partial charge on any atom is -0.380 e. The van der Waals surface area contributed by atoms with Gasteiger partial charge in [0.05, 0.1) is 29.3 Å². The first-order chi connectivity index (χ1) is 16.2. The Bertz CT molecular complexity index is 1190. The number of nitrogens with zero attached hydrogens (tertiary/aromatic N) is 3. The van der Waals surface area contributed by atoms with Gasteiger partial charge in [-0.3, -0.25) is 9.69 Å². The van der Waals surface area contributed by atoms with Crippen LogP contribution < -0.4 is 4.90 Å². The molecule has 0 aromatic heterocycles. The van der Waals surface area contributed by atoms with Crippen LogP contribution in [0.5, 0.6) is 0 Å². The molecule has 0 atom stereocenters. The minimum absolute atomic E-state index is 0.193. The second-order valence-electron chi connectivity index (χ2n) is 8.93. The van der Waals surface area contributed by atoms with Crippen molar-refractivity contribution in [3.63, 3.8) is 0 Å². The zero-order chi connectivity index (χ0) is 24.5. The predicted molar refractivity (Wildman–Crippen MR) is 140 cm³/mol. The molecular formula is C27H30FN3O2S. The number of hydrogen-bond donors (Lipinski definition) is 0. The predicted octanol–water partition coefficient (Wildman–Crippen LogP) is 6.10. The molecule has 2 aliphatic heterocycles. The monoisotopic (exact) mass is 479 g/mol. The van der Waals surface area contributed by atoms with E-state index in [1.54, 1.807) is 17.0 Å². The van der Waals surface area contributed by atoms with Gasteiger partial charge in [-0.25, -0.2) is 9.38 Å². The largest absolute Gasteiger partial charge is 0.380 e. The number of likely N-dealkylation sites (N-methyl/N-ethyl adjacent to an activating group) is 1. The molecule has 7 heteroatoms. The van der Waals surface area contributed by atoms with Crippen LogP contribution in [0.25, 0.3) is 11.6 Å². The summed E-state index contributed by atoms with van der Waals surface area (Å²) >= 11 is 1.26. The van der Waals surface area contributed by atoms with Gasteiger partial charge in [0.1, 0.15) is 5.82 Å². The number of amides is 1. The van der Waals surface area contributed by atoms with Crippen LogP contribution in [0.15, 0.2) is 58.4 Å². The van der Waals surface area contributed by atoms with Crippen LogP contribution in [0.4, 0.5) is 15.8 Å². The highest BCUT2D eigenvalue weighted by molar-refractivity contribution is 8.18. The summed E-state index contributed by atoms with van der Waals surface area (Å²) in [6.07, 6.45) is 3.82. The van der Waals surface area contributed by atoms with Gasteiger partial charge < -0.3 is 9.64 Å². The van der Waals surface area contributed by atoms with Gasteiger partial charge in [-0.2, -0.15) is 0 Å². The minimum atomic E-state index is -0.355. The van der Waals surface area contributed by atoms with Crippen LogP contribution in [-0.2, 0) is 9.53 Å². The number of fused-ring (bicyclic) bond motifs is 1. The number of ether oxygens (including phenoxy) is 1. The molecule has 1 fully saturated rings. The summed E-state index contributed by atoms with van der Waals surface area (Å²) in [6, 6.07) is 12.9. The number of halogens is 1. The summed E-state index contributed by atoms with van der Waals surface area (Å²) in [5, 5.41) is 0.568. The molecule has 2 aromatic carbocycles. The van der Waals surface area contributed by atoms with Crippen molar-refractivity contribution in [1.82, 2.24) is 4.90 Å². The van der Waals surface area contributed by atoms with E-state index in [1.807, 2.05) is 57.3 Å². The molecule has 2 heterocycles. The van der Waals surface area contributed by atoms with E-state index in [4.69, 9.17) is 4.74 Å². The fourth-order valence-corrected chi connectivity index (χ4v) is 5.16. The first-order valence-electron chi connectivity index (χ1n) is 11.4. The molecular weight excluding hydrogens is 449 g/mol. The third-order valence-electron chi connectivity index (χ3n) is 6.15. The van der Waals surface area contributed by atoms with Gasteiger partial charge in [0.2, 0.25) is 0 Å². The van der Waals surface area contributed by atoms with E-state index in [2.05, 4.69) is 29.8 Å². The smallest absolute Gasteiger partial charge is 0.266 e. The van der Waals surface area contributed by atoms with Crippen molar-refractivity contribution in [2.24, 2.45) is 4.99 Å². The first kappa shape index (κ1) is 24.2. The number of aliphatic imine (C=N–C) groups is 1. The molecule has 0 aliphatic carbocycles. The molecule has 2 aromatic rings. The first-order valence-corrected chi connectivity index (χ1v) is 12.2. The normalized spacial score (nSPS) is 19.7. The summed E-state index contributed by atoms with van der Waals surface area (Å²) < 4.78 is 20.7. The zero-order valence-electron chi connectivity index (χ0n) is 20.3. The molecule has 4 rings (SSSR count). The number of amidine groups is 1. The molecule has 1 saturated heterocycles. The summed E-state index contributed by atoms with van der Waals surface area (Å²) in [4.78, 5) is 22.1. The molecule has 5 nitrogen and oxygen atoms in total. The maximum absolute atomic E-state index is 15.2. The van der Waals surface area contributed by atoms with Crippen molar-refractivity contribution in [2.75, 3.05) is 31.7 Å². The molecule has 0 bridgehead atoms. The number of hydrogen-bond acceptors (Lipinski definition) is 5. The highest BCUT2D eigenvalue weighted by Gasteiger charge is 2.34. The Morgan fingerprint density at radius 3 is 2.65 bits per heavy atom. The number of carbonyl (C=O) groups excluding carboxylic acids is 1. The van der Waals surface area contributed by atoms with Crippen LogP contribution in [0.2, 0.25) is 0 Å². The van der Waals surface area contributed by atoms with Gasteiger partial charge in [-0.05, 0) is 75.4 Å². The topological polar surface area (TPSA) is 45.1 Å². The number of allylic oxidation sites excluding steroid dienone is 1. The molecule has 34 heavy (non-hydrogen) atoms. The Kier molecular flexibility index (Phi) is 6.96. The lowest BCUT2D eigenvalue weighted by atomic mass is 9.88. The fraction of sp³-hybridized carbons (Fsp3) is 0.333. The van der Waals surface area contributed by atoms with E-state index >= 15 is 4.39 Å². The Morgan fingerprint density at radius 2 is 1.94 bits per heavy atom. The Balaban J connectivity index is 1.71. The number of benzene rings is 2. The number of rotatable bonds is 6. The molecule has 1 amide bonds. The Hall–Kier alpha value is -2.90. The van der Waals surface area contributed by atoms with Crippen molar-refractivity contribution in [3.05, 3.63) is 70.4 Å². The van der Waals surface area contributed by atoms with Crippen LogP contribution in [0, 0.1) is 5.82 Å². The average Bonchev–Trinajstić information content (AvgIpc) is 3.08. The van der Waals surface area contributed by atoms with Crippen molar-refractivity contribution >= 4 is 45.9 Å². The average molecular weight is 480 g/mol. The summed E-state index contributed by atoms with van der Waals surface area (Å²) in [7, 11) is 1.97. The second kappa shape index (κ2) is 9.76. The van der Waals surface area contributed by atoms with Gasteiger partial charge in [-0.1, -0.05) is 24.3 Å². The molecule has 0 unspecified atom stereocenters. The molecule has 2 aliphatic rings. The number of carbonyl (C=O) groups is 1. The van der Waals surface area contributed by atoms with Gasteiger partial charge >= 0.3 is 0 Å². The lowest BCUT2D eigenvalue weighted by molar-refractivity contribution is -0.122. The second-order valence-corrected chi connectivity index (χ2v) is 9.93. The maximum Gasteiger partial charge on any atom is 0.266 e. The molecule has 0 N–H and O–H groups in total. The van der Waals surface area contributed by atoms with Gasteiger partial charge in [0, 0.05) is 30.5 Å². The van der Waals surface area contributed by atoms with Crippen molar-refractivity contribution in [2.45, 2.75) is 33.2 Å². The number of anilines is 1. The number of thioether (sulfide) groups is 1. The van der Waals surface area contributed by atoms with E-state index in [1.165, 1.54) is 11.8 Å². The van der Waals surface area contributed by atoms with E-state index in [-0.39, 0.29) is 17.3 Å².